The van der Waals surface area contributed by atoms with Gasteiger partial charge in [-0.25, -0.2) is 0 Å². The highest BCUT2D eigenvalue weighted by Crippen LogP contribution is 2.25. The van der Waals surface area contributed by atoms with Crippen LogP contribution in [0.5, 0.6) is 0 Å². The Labute approximate surface area is 132 Å². The first kappa shape index (κ1) is 16.2. The van der Waals surface area contributed by atoms with Crippen LogP contribution in [0.4, 0.5) is 0 Å². The van der Waals surface area contributed by atoms with Crippen LogP contribution in [-0.4, -0.2) is 85.1 Å². The van der Waals surface area contributed by atoms with Gasteiger partial charge < -0.3 is 19.5 Å². The van der Waals surface area contributed by atoms with Crippen molar-refractivity contribution >= 4 is 5.91 Å². The second-order valence-electron chi connectivity index (χ2n) is 6.60. The van der Waals surface area contributed by atoms with E-state index >= 15 is 0 Å². The maximum absolute atomic E-state index is 12.5. The standard InChI is InChI=1S/C16H28N2O4/c19-14-4-3-13(5-8-17-9-11-21-12-10-17)22-15(14)16(20)18-6-1-2-7-18/h13-15,19H,1-12H2/t13-,14-,15-/m0/s1. The molecule has 0 saturated carbocycles. The lowest BCUT2D eigenvalue weighted by Gasteiger charge is -2.36. The van der Waals surface area contributed by atoms with E-state index in [1.54, 1.807) is 0 Å². The molecule has 3 fully saturated rings. The summed E-state index contributed by atoms with van der Waals surface area (Å²) in [4.78, 5) is 16.7. The lowest BCUT2D eigenvalue weighted by Crippen LogP contribution is -2.50. The quantitative estimate of drug-likeness (QED) is 0.806. The molecule has 3 saturated heterocycles. The van der Waals surface area contributed by atoms with Gasteiger partial charge in [-0.05, 0) is 32.1 Å². The molecule has 3 atom stereocenters. The average molecular weight is 312 g/mol. The van der Waals surface area contributed by atoms with Gasteiger partial charge in [-0.2, -0.15) is 0 Å². The van der Waals surface area contributed by atoms with Gasteiger partial charge in [-0.1, -0.05) is 0 Å². The molecule has 126 valence electrons. The van der Waals surface area contributed by atoms with E-state index in [9.17, 15) is 9.90 Å². The second-order valence-corrected chi connectivity index (χ2v) is 6.60. The number of morpholine rings is 1. The zero-order valence-corrected chi connectivity index (χ0v) is 13.3. The van der Waals surface area contributed by atoms with Crippen LogP contribution in [0.3, 0.4) is 0 Å². The number of carbonyl (C=O) groups is 1. The molecular formula is C16H28N2O4. The number of aliphatic hydroxyl groups excluding tert-OH is 1. The monoisotopic (exact) mass is 312 g/mol. The molecule has 3 aliphatic heterocycles. The van der Waals surface area contributed by atoms with Crippen LogP contribution in [0.1, 0.15) is 32.1 Å². The molecule has 0 aromatic heterocycles. The molecule has 0 aromatic carbocycles. The molecule has 6 heteroatoms. The van der Waals surface area contributed by atoms with Crippen molar-refractivity contribution in [3.8, 4) is 0 Å². The molecule has 0 radical (unpaired) electrons. The zero-order valence-electron chi connectivity index (χ0n) is 13.3. The molecule has 0 unspecified atom stereocenters. The van der Waals surface area contributed by atoms with Crippen molar-refractivity contribution in [1.29, 1.82) is 0 Å². The molecular weight excluding hydrogens is 284 g/mol. The van der Waals surface area contributed by atoms with Crippen molar-refractivity contribution in [2.75, 3.05) is 45.9 Å². The predicted octanol–water partition coefficient (Wildman–Crippen LogP) is 0.240. The van der Waals surface area contributed by atoms with E-state index in [4.69, 9.17) is 9.47 Å². The zero-order chi connectivity index (χ0) is 15.4. The lowest BCUT2D eigenvalue weighted by molar-refractivity contribution is -0.167. The van der Waals surface area contributed by atoms with Gasteiger partial charge in [0.1, 0.15) is 0 Å². The van der Waals surface area contributed by atoms with E-state index in [1.165, 1.54) is 0 Å². The Morgan fingerprint density at radius 3 is 2.55 bits per heavy atom. The molecule has 3 rings (SSSR count). The minimum absolute atomic E-state index is 0.0129. The van der Waals surface area contributed by atoms with Gasteiger partial charge in [0, 0.05) is 32.7 Å². The summed E-state index contributed by atoms with van der Waals surface area (Å²) >= 11 is 0. The summed E-state index contributed by atoms with van der Waals surface area (Å²) < 4.78 is 11.3. The first-order chi connectivity index (χ1) is 10.7. The summed E-state index contributed by atoms with van der Waals surface area (Å²) in [5, 5.41) is 10.1. The van der Waals surface area contributed by atoms with Crippen molar-refractivity contribution < 1.29 is 19.4 Å². The van der Waals surface area contributed by atoms with Crippen LogP contribution in [0, 0.1) is 0 Å². The predicted molar refractivity (Wildman–Crippen MR) is 81.6 cm³/mol. The third-order valence-electron chi connectivity index (χ3n) is 5.01. The third kappa shape index (κ3) is 3.98. The van der Waals surface area contributed by atoms with Crippen LogP contribution < -0.4 is 0 Å². The van der Waals surface area contributed by atoms with Crippen LogP contribution in [-0.2, 0) is 14.3 Å². The van der Waals surface area contributed by atoms with Gasteiger partial charge in [0.25, 0.3) is 5.91 Å². The molecule has 0 spiro atoms. The molecule has 6 nitrogen and oxygen atoms in total. The van der Waals surface area contributed by atoms with Gasteiger partial charge in [-0.15, -0.1) is 0 Å². The van der Waals surface area contributed by atoms with E-state index in [0.717, 1.165) is 71.6 Å². The average Bonchev–Trinajstić information content (AvgIpc) is 3.09. The Balaban J connectivity index is 1.48. The molecule has 22 heavy (non-hydrogen) atoms. The summed E-state index contributed by atoms with van der Waals surface area (Å²) in [6, 6.07) is 0. The van der Waals surface area contributed by atoms with Gasteiger partial charge >= 0.3 is 0 Å². The Kier molecular flexibility index (Phi) is 5.68. The molecule has 1 N–H and O–H groups in total. The van der Waals surface area contributed by atoms with Crippen LogP contribution >= 0.6 is 0 Å². The molecule has 3 aliphatic rings. The first-order valence-corrected chi connectivity index (χ1v) is 8.66. The van der Waals surface area contributed by atoms with Crippen LogP contribution in [0.25, 0.3) is 0 Å². The van der Waals surface area contributed by atoms with E-state index in [1.807, 2.05) is 4.90 Å². The molecule has 3 heterocycles. The minimum atomic E-state index is -0.651. The van der Waals surface area contributed by atoms with Crippen molar-refractivity contribution in [3.63, 3.8) is 0 Å². The number of likely N-dealkylation sites (tertiary alicyclic amines) is 1. The largest absolute Gasteiger partial charge is 0.390 e. The SMILES string of the molecule is O=C([C@H]1O[C@H](CCN2CCOCC2)CC[C@@H]1O)N1CCCC1. The van der Waals surface area contributed by atoms with Crippen molar-refractivity contribution in [2.45, 2.75) is 50.4 Å². The molecule has 0 aromatic rings. The number of hydrogen-bond acceptors (Lipinski definition) is 5. The van der Waals surface area contributed by atoms with Crippen LogP contribution in [0.2, 0.25) is 0 Å². The first-order valence-electron chi connectivity index (χ1n) is 8.66. The van der Waals surface area contributed by atoms with Gasteiger partial charge in [0.05, 0.1) is 25.4 Å². The lowest BCUT2D eigenvalue weighted by atomic mass is 9.98. The number of ether oxygens (including phenoxy) is 2. The summed E-state index contributed by atoms with van der Waals surface area (Å²) in [6.45, 7) is 6.17. The van der Waals surface area contributed by atoms with Crippen molar-refractivity contribution in [1.82, 2.24) is 9.80 Å². The number of amides is 1. The molecule has 1 amide bonds. The van der Waals surface area contributed by atoms with E-state index in [-0.39, 0.29) is 12.0 Å². The fourth-order valence-corrected chi connectivity index (χ4v) is 3.58. The highest BCUT2D eigenvalue weighted by atomic mass is 16.5. The number of aliphatic hydroxyl groups is 1. The van der Waals surface area contributed by atoms with E-state index in [2.05, 4.69) is 4.90 Å². The topological polar surface area (TPSA) is 62.2 Å². The van der Waals surface area contributed by atoms with Gasteiger partial charge in [-0.3, -0.25) is 9.69 Å². The highest BCUT2D eigenvalue weighted by Gasteiger charge is 2.38. The number of nitrogens with zero attached hydrogens (tertiary/aromatic N) is 2. The fraction of sp³-hybridized carbons (Fsp3) is 0.938. The van der Waals surface area contributed by atoms with Crippen molar-refractivity contribution in [3.05, 3.63) is 0 Å². The van der Waals surface area contributed by atoms with Gasteiger partial charge in [0.15, 0.2) is 6.10 Å². The summed E-state index contributed by atoms with van der Waals surface area (Å²) in [5.41, 5.74) is 0. The van der Waals surface area contributed by atoms with Crippen molar-refractivity contribution in [2.24, 2.45) is 0 Å². The number of carbonyl (C=O) groups excluding carboxylic acids is 1. The third-order valence-corrected chi connectivity index (χ3v) is 5.01. The fourth-order valence-electron chi connectivity index (χ4n) is 3.58. The summed E-state index contributed by atoms with van der Waals surface area (Å²) in [6.07, 6.45) is 3.35. The minimum Gasteiger partial charge on any atom is -0.390 e. The summed E-state index contributed by atoms with van der Waals surface area (Å²) in [7, 11) is 0. The van der Waals surface area contributed by atoms with Crippen LogP contribution in [0.15, 0.2) is 0 Å². The second kappa shape index (κ2) is 7.73. The van der Waals surface area contributed by atoms with E-state index in [0.29, 0.717) is 6.42 Å². The smallest absolute Gasteiger partial charge is 0.254 e. The Morgan fingerprint density at radius 1 is 1.09 bits per heavy atom. The number of rotatable bonds is 4. The Hall–Kier alpha value is -0.690. The normalized spacial score (nSPS) is 34.0. The van der Waals surface area contributed by atoms with Gasteiger partial charge in [0.2, 0.25) is 0 Å². The molecule has 0 bridgehead atoms. The Morgan fingerprint density at radius 2 is 1.82 bits per heavy atom. The highest BCUT2D eigenvalue weighted by molar-refractivity contribution is 5.82. The van der Waals surface area contributed by atoms with E-state index < -0.39 is 12.2 Å². The maximum Gasteiger partial charge on any atom is 0.254 e. The maximum atomic E-state index is 12.5. The molecule has 0 aliphatic carbocycles. The number of hydrogen-bond donors (Lipinski definition) is 1. The summed E-state index contributed by atoms with van der Waals surface area (Å²) in [5.74, 6) is -0.0129. The Bertz CT molecular complexity index is 367.